The summed E-state index contributed by atoms with van der Waals surface area (Å²) < 4.78 is 6.25. The molecule has 3 heterocycles. The number of aromatic amines is 1. The second-order valence-electron chi connectivity index (χ2n) is 9.72. The van der Waals surface area contributed by atoms with Gasteiger partial charge in [0.1, 0.15) is 5.75 Å². The first kappa shape index (κ1) is 21.9. The SMILES string of the molecule is COc1ccc(N2C(=O)C3C(C2=O)[C@@H]2C[C@H]3C3Sc4[nH]c(=O)sc4C(c4ccc(Br)cc4)C32)cc1. The van der Waals surface area contributed by atoms with Crippen LogP contribution in [0.15, 0.2) is 62.8 Å². The van der Waals surface area contributed by atoms with Crippen LogP contribution in [0.5, 0.6) is 5.75 Å². The zero-order valence-electron chi connectivity index (χ0n) is 18.6. The van der Waals surface area contributed by atoms with Crippen LogP contribution in [0.2, 0.25) is 0 Å². The zero-order valence-corrected chi connectivity index (χ0v) is 21.9. The molecule has 3 fully saturated rings. The molecule has 1 N–H and O–H groups in total. The summed E-state index contributed by atoms with van der Waals surface area (Å²) in [5.41, 5.74) is 1.77. The van der Waals surface area contributed by atoms with Crippen molar-refractivity contribution in [2.24, 2.45) is 29.6 Å². The Labute approximate surface area is 218 Å². The quantitative estimate of drug-likeness (QED) is 0.455. The topological polar surface area (TPSA) is 79.5 Å². The number of carbonyl (C=O) groups is 2. The molecular formula is C26H21BrN2O4S2. The number of aromatic nitrogens is 1. The van der Waals surface area contributed by atoms with Gasteiger partial charge in [0.25, 0.3) is 0 Å². The summed E-state index contributed by atoms with van der Waals surface area (Å²) in [6.45, 7) is 0. The second kappa shape index (κ2) is 7.82. The van der Waals surface area contributed by atoms with Crippen molar-refractivity contribution in [1.29, 1.82) is 0 Å². The third kappa shape index (κ3) is 3.04. The number of ether oxygens (including phenoxy) is 1. The minimum atomic E-state index is -0.299. The van der Waals surface area contributed by atoms with Gasteiger partial charge in [-0.25, -0.2) is 0 Å². The van der Waals surface area contributed by atoms with E-state index < -0.39 is 0 Å². The van der Waals surface area contributed by atoms with Crippen molar-refractivity contribution >= 4 is 56.5 Å². The number of carbonyl (C=O) groups excluding carboxylic acids is 2. The number of H-pyrrole nitrogens is 1. The van der Waals surface area contributed by atoms with E-state index in [2.05, 4.69) is 33.0 Å². The standard InChI is InChI=1S/C26H21BrN2O4S2/c1-33-14-8-6-13(7-9-14)29-24(30)19-15-10-16(20(19)25(29)31)21-18(15)17(11-2-4-12(27)5-3-11)22-23(34-21)28-26(32)35-22/h2-9,15-21H,10H2,1H3,(H,28,32)/t15-,16-,17?,18?,19?,20?,21?/m1/s1. The molecule has 2 aromatic carbocycles. The van der Waals surface area contributed by atoms with Crippen LogP contribution in [-0.4, -0.2) is 29.2 Å². The molecule has 2 bridgehead atoms. The Morgan fingerprint density at radius 2 is 1.66 bits per heavy atom. The van der Waals surface area contributed by atoms with Crippen molar-refractivity contribution in [2.45, 2.75) is 22.6 Å². The van der Waals surface area contributed by atoms with Crippen LogP contribution in [0.3, 0.4) is 0 Å². The van der Waals surface area contributed by atoms with Crippen LogP contribution in [0.1, 0.15) is 22.8 Å². The van der Waals surface area contributed by atoms with Gasteiger partial charge in [0.15, 0.2) is 0 Å². The number of hydrogen-bond donors (Lipinski definition) is 1. The van der Waals surface area contributed by atoms with Crippen LogP contribution in [0.4, 0.5) is 5.69 Å². The maximum Gasteiger partial charge on any atom is 0.305 e. The average Bonchev–Trinajstić information content (AvgIpc) is 3.59. The van der Waals surface area contributed by atoms with Gasteiger partial charge in [-0.15, -0.1) is 11.8 Å². The summed E-state index contributed by atoms with van der Waals surface area (Å²) in [4.78, 5) is 45.2. The smallest absolute Gasteiger partial charge is 0.305 e. The number of benzene rings is 2. The fourth-order valence-corrected chi connectivity index (χ4v) is 10.2. The van der Waals surface area contributed by atoms with Crippen LogP contribution in [0, 0.1) is 29.6 Å². The van der Waals surface area contributed by atoms with Crippen LogP contribution in [-0.2, 0) is 9.59 Å². The second-order valence-corrected chi connectivity index (χ2v) is 12.8. The number of amides is 2. The van der Waals surface area contributed by atoms with Crippen LogP contribution >= 0.6 is 39.0 Å². The molecule has 7 atom stereocenters. The van der Waals surface area contributed by atoms with Gasteiger partial charge in [0, 0.05) is 20.5 Å². The summed E-state index contributed by atoms with van der Waals surface area (Å²) >= 11 is 6.53. The van der Waals surface area contributed by atoms with Gasteiger partial charge in [0.05, 0.1) is 29.7 Å². The molecule has 178 valence electrons. The number of nitrogens with zero attached hydrogens (tertiary/aromatic N) is 1. The fourth-order valence-electron chi connectivity index (χ4n) is 7.05. The number of thiazole rings is 1. The molecule has 0 radical (unpaired) electrons. The van der Waals surface area contributed by atoms with Crippen molar-refractivity contribution in [2.75, 3.05) is 12.0 Å². The molecule has 0 spiro atoms. The number of rotatable bonds is 3. The molecular weight excluding hydrogens is 548 g/mol. The van der Waals surface area contributed by atoms with Crippen molar-refractivity contribution < 1.29 is 14.3 Å². The predicted octanol–water partition coefficient (Wildman–Crippen LogP) is 4.89. The number of methoxy groups -OCH3 is 1. The van der Waals surface area contributed by atoms with E-state index in [9.17, 15) is 14.4 Å². The summed E-state index contributed by atoms with van der Waals surface area (Å²) in [7, 11) is 1.59. The molecule has 2 aliphatic heterocycles. The number of thioether (sulfide) groups is 1. The normalized spacial score (nSPS) is 32.5. The molecule has 7 rings (SSSR count). The van der Waals surface area contributed by atoms with Gasteiger partial charge in [-0.05, 0) is 66.1 Å². The maximum atomic E-state index is 13.8. The molecule has 1 aromatic heterocycles. The van der Waals surface area contributed by atoms with Gasteiger partial charge >= 0.3 is 4.87 Å². The number of hydrogen-bond acceptors (Lipinski definition) is 6. The van der Waals surface area contributed by atoms with Gasteiger partial charge in [-0.3, -0.25) is 19.3 Å². The van der Waals surface area contributed by atoms with Gasteiger partial charge in [-0.1, -0.05) is 39.4 Å². The molecule has 35 heavy (non-hydrogen) atoms. The lowest BCUT2D eigenvalue weighted by Gasteiger charge is -2.43. The Morgan fingerprint density at radius 3 is 2.34 bits per heavy atom. The molecule has 9 heteroatoms. The number of nitrogens with one attached hydrogen (secondary N) is 1. The van der Waals surface area contributed by atoms with E-state index in [4.69, 9.17) is 4.74 Å². The van der Waals surface area contributed by atoms with Gasteiger partial charge < -0.3 is 9.72 Å². The van der Waals surface area contributed by atoms with Gasteiger partial charge in [-0.2, -0.15) is 0 Å². The lowest BCUT2D eigenvalue weighted by atomic mass is 9.68. The van der Waals surface area contributed by atoms with Crippen LogP contribution in [0.25, 0.3) is 0 Å². The first-order chi connectivity index (χ1) is 17.0. The highest BCUT2D eigenvalue weighted by Crippen LogP contribution is 2.68. The molecule has 4 aliphatic rings. The minimum absolute atomic E-state index is 0.0437. The van der Waals surface area contributed by atoms with E-state index in [0.29, 0.717) is 11.4 Å². The molecule has 1 saturated heterocycles. The molecule has 5 unspecified atom stereocenters. The number of halogens is 1. The van der Waals surface area contributed by atoms with E-state index in [1.54, 1.807) is 43.1 Å². The van der Waals surface area contributed by atoms with Gasteiger partial charge in [0.2, 0.25) is 11.8 Å². The number of fused-ring (bicyclic) bond motifs is 9. The third-order valence-corrected chi connectivity index (χ3v) is 11.4. The summed E-state index contributed by atoms with van der Waals surface area (Å²) in [5.74, 6) is 0.419. The monoisotopic (exact) mass is 568 g/mol. The Balaban J connectivity index is 1.30. The molecule has 2 amide bonds. The average molecular weight is 570 g/mol. The highest BCUT2D eigenvalue weighted by atomic mass is 79.9. The highest BCUT2D eigenvalue weighted by molar-refractivity contribution is 9.10. The minimum Gasteiger partial charge on any atom is -0.497 e. The van der Waals surface area contributed by atoms with Crippen LogP contribution < -0.4 is 14.5 Å². The largest absolute Gasteiger partial charge is 0.497 e. The third-order valence-electron chi connectivity index (χ3n) is 8.28. The molecule has 2 aliphatic carbocycles. The van der Waals surface area contributed by atoms with Crippen molar-refractivity contribution in [3.05, 3.63) is 73.1 Å². The van der Waals surface area contributed by atoms with E-state index >= 15 is 0 Å². The van der Waals surface area contributed by atoms with E-state index in [1.165, 1.54) is 16.2 Å². The Morgan fingerprint density at radius 1 is 0.971 bits per heavy atom. The Bertz CT molecular complexity index is 1420. The lowest BCUT2D eigenvalue weighted by Crippen LogP contribution is -2.42. The summed E-state index contributed by atoms with van der Waals surface area (Å²) in [5, 5.41) is 1.13. The highest BCUT2D eigenvalue weighted by Gasteiger charge is 2.69. The number of anilines is 1. The molecule has 3 aromatic rings. The molecule has 6 nitrogen and oxygen atoms in total. The number of imide groups is 1. The summed E-state index contributed by atoms with van der Waals surface area (Å²) in [6, 6.07) is 15.4. The zero-order chi connectivity index (χ0) is 24.0. The van der Waals surface area contributed by atoms with Crippen molar-refractivity contribution in [1.82, 2.24) is 4.98 Å². The Hall–Kier alpha value is -2.36. The van der Waals surface area contributed by atoms with E-state index in [1.807, 2.05) is 12.1 Å². The summed E-state index contributed by atoms with van der Waals surface area (Å²) in [6.07, 6.45) is 0.887. The Kier molecular flexibility index (Phi) is 4.89. The lowest BCUT2D eigenvalue weighted by molar-refractivity contribution is -0.123. The molecule has 2 saturated carbocycles. The fraction of sp³-hybridized carbons (Fsp3) is 0.346. The van der Waals surface area contributed by atoms with E-state index in [-0.39, 0.29) is 57.4 Å². The maximum absolute atomic E-state index is 13.8. The van der Waals surface area contributed by atoms with Crippen molar-refractivity contribution in [3.8, 4) is 5.75 Å². The van der Waals surface area contributed by atoms with E-state index in [0.717, 1.165) is 26.4 Å². The predicted molar refractivity (Wildman–Crippen MR) is 138 cm³/mol. The van der Waals surface area contributed by atoms with Crippen molar-refractivity contribution in [3.63, 3.8) is 0 Å². The first-order valence-electron chi connectivity index (χ1n) is 11.6. The first-order valence-corrected chi connectivity index (χ1v) is 14.1.